The van der Waals surface area contributed by atoms with Crippen molar-refractivity contribution in [3.05, 3.63) is 34.4 Å². The summed E-state index contributed by atoms with van der Waals surface area (Å²) < 4.78 is 0. The van der Waals surface area contributed by atoms with E-state index < -0.39 is 0 Å². The first-order chi connectivity index (χ1) is 10.7. The van der Waals surface area contributed by atoms with Crippen molar-refractivity contribution in [2.24, 2.45) is 0 Å². The van der Waals surface area contributed by atoms with Crippen LogP contribution in [0.3, 0.4) is 0 Å². The minimum Gasteiger partial charge on any atom is -0.350 e. The number of benzene rings is 1. The molecule has 0 atom stereocenters. The molecule has 1 aromatic heterocycles. The highest BCUT2D eigenvalue weighted by molar-refractivity contribution is 6.35. The Morgan fingerprint density at radius 3 is 2.73 bits per heavy atom. The van der Waals surface area contributed by atoms with Gasteiger partial charge >= 0.3 is 0 Å². The quantitative estimate of drug-likeness (QED) is 0.848. The van der Waals surface area contributed by atoms with Gasteiger partial charge in [0.05, 0.1) is 16.9 Å². The Bertz CT molecular complexity index is 644. The third kappa shape index (κ3) is 3.99. The molecule has 0 saturated heterocycles. The molecule has 0 unspecified atom stereocenters. The van der Waals surface area contributed by atoms with Crippen molar-refractivity contribution in [3.63, 3.8) is 0 Å². The molecule has 0 radical (unpaired) electrons. The molecule has 2 N–H and O–H groups in total. The van der Waals surface area contributed by atoms with Crippen LogP contribution < -0.4 is 10.6 Å². The third-order valence-electron chi connectivity index (χ3n) is 3.69. The molecule has 0 spiro atoms. The summed E-state index contributed by atoms with van der Waals surface area (Å²) >= 11 is 12.1. The topological polar surface area (TPSA) is 62.7 Å². The van der Waals surface area contributed by atoms with Crippen molar-refractivity contribution in [2.75, 3.05) is 10.6 Å². The van der Waals surface area contributed by atoms with Crippen LogP contribution in [0.2, 0.25) is 10.0 Å². The molecule has 1 saturated carbocycles. The molecular weight excluding hydrogens is 321 g/mol. The lowest BCUT2D eigenvalue weighted by atomic mass is 9.96. The summed E-state index contributed by atoms with van der Waals surface area (Å²) in [7, 11) is 0. The normalized spacial score (nSPS) is 15.5. The van der Waals surface area contributed by atoms with E-state index in [9.17, 15) is 0 Å². The summed E-state index contributed by atoms with van der Waals surface area (Å²) in [5.74, 6) is 1.12. The van der Waals surface area contributed by atoms with Gasteiger partial charge in [0.2, 0.25) is 5.95 Å². The lowest BCUT2D eigenvalue weighted by Crippen LogP contribution is -2.23. The molecule has 1 aliphatic rings. The number of halogens is 2. The van der Waals surface area contributed by atoms with Crippen molar-refractivity contribution >= 4 is 40.7 Å². The van der Waals surface area contributed by atoms with Gasteiger partial charge in [-0.25, -0.2) is 0 Å². The Balaban J connectivity index is 1.71. The zero-order chi connectivity index (χ0) is 15.4. The first-order valence-electron chi connectivity index (χ1n) is 7.39. The summed E-state index contributed by atoms with van der Waals surface area (Å²) in [6, 6.07) is 5.66. The van der Waals surface area contributed by atoms with Crippen molar-refractivity contribution in [2.45, 2.75) is 38.1 Å². The van der Waals surface area contributed by atoms with Gasteiger partial charge in [-0.3, -0.25) is 0 Å². The fraction of sp³-hybridized carbons (Fsp3) is 0.400. The molecule has 1 aromatic carbocycles. The van der Waals surface area contributed by atoms with Gasteiger partial charge in [-0.2, -0.15) is 10.1 Å². The van der Waals surface area contributed by atoms with Crippen molar-refractivity contribution in [3.8, 4) is 0 Å². The number of aromatic nitrogens is 3. The maximum atomic E-state index is 6.14. The summed E-state index contributed by atoms with van der Waals surface area (Å²) in [5.41, 5.74) is 0.693. The second-order valence-electron chi connectivity index (χ2n) is 5.39. The predicted octanol–water partition coefficient (Wildman–Crippen LogP) is 4.67. The average molecular weight is 338 g/mol. The Morgan fingerprint density at radius 1 is 1.09 bits per heavy atom. The van der Waals surface area contributed by atoms with Crippen LogP contribution in [0.15, 0.2) is 24.4 Å². The summed E-state index contributed by atoms with van der Waals surface area (Å²) in [5, 5.41) is 15.7. The number of nitrogens with one attached hydrogen (secondary N) is 2. The van der Waals surface area contributed by atoms with E-state index in [4.69, 9.17) is 23.2 Å². The first kappa shape index (κ1) is 15.3. The predicted molar refractivity (Wildman–Crippen MR) is 90.1 cm³/mol. The van der Waals surface area contributed by atoms with Crippen molar-refractivity contribution in [1.29, 1.82) is 0 Å². The van der Waals surface area contributed by atoms with Gasteiger partial charge in [-0.05, 0) is 31.0 Å². The van der Waals surface area contributed by atoms with Crippen LogP contribution in [0, 0.1) is 0 Å². The maximum Gasteiger partial charge on any atom is 0.244 e. The maximum absolute atomic E-state index is 6.14. The summed E-state index contributed by atoms with van der Waals surface area (Å²) in [6.07, 6.45) is 7.68. The third-order valence-corrected chi connectivity index (χ3v) is 4.25. The van der Waals surface area contributed by atoms with E-state index >= 15 is 0 Å². The van der Waals surface area contributed by atoms with Crippen LogP contribution in [0.1, 0.15) is 32.1 Å². The number of nitrogens with zero attached hydrogens (tertiary/aromatic N) is 3. The zero-order valence-electron chi connectivity index (χ0n) is 12.0. The van der Waals surface area contributed by atoms with E-state index in [1.165, 1.54) is 19.3 Å². The first-order valence-corrected chi connectivity index (χ1v) is 8.14. The molecule has 0 bridgehead atoms. The fourth-order valence-electron chi connectivity index (χ4n) is 2.59. The van der Waals surface area contributed by atoms with Crippen LogP contribution in [0.4, 0.5) is 17.5 Å². The molecule has 2 aromatic rings. The Morgan fingerprint density at radius 2 is 1.91 bits per heavy atom. The highest BCUT2D eigenvalue weighted by Crippen LogP contribution is 2.28. The molecule has 3 rings (SSSR count). The molecule has 1 fully saturated rings. The summed E-state index contributed by atoms with van der Waals surface area (Å²) in [6.45, 7) is 0. The molecule has 5 nitrogen and oxygen atoms in total. The molecular formula is C15H17Cl2N5. The molecule has 116 valence electrons. The monoisotopic (exact) mass is 337 g/mol. The molecule has 1 aliphatic carbocycles. The van der Waals surface area contributed by atoms with Crippen molar-refractivity contribution < 1.29 is 0 Å². The molecule has 0 aliphatic heterocycles. The van der Waals surface area contributed by atoms with E-state index in [2.05, 4.69) is 25.8 Å². The lowest BCUT2D eigenvalue weighted by molar-refractivity contribution is 0.460. The van der Waals surface area contributed by atoms with E-state index in [1.807, 2.05) is 0 Å². The van der Waals surface area contributed by atoms with Crippen LogP contribution >= 0.6 is 23.2 Å². The van der Waals surface area contributed by atoms with Gasteiger partial charge < -0.3 is 10.6 Å². The second-order valence-corrected chi connectivity index (χ2v) is 6.24. The SMILES string of the molecule is Clc1ccc(Cl)c(Nc2cnnc(NC3CCCCC3)n2)c1. The largest absolute Gasteiger partial charge is 0.350 e. The highest BCUT2D eigenvalue weighted by Gasteiger charge is 2.14. The van der Waals surface area contributed by atoms with Gasteiger partial charge in [0, 0.05) is 11.1 Å². The number of rotatable bonds is 4. The molecule has 22 heavy (non-hydrogen) atoms. The van der Waals surface area contributed by atoms with Crippen molar-refractivity contribution in [1.82, 2.24) is 15.2 Å². The number of hydrogen-bond acceptors (Lipinski definition) is 5. The highest BCUT2D eigenvalue weighted by atomic mass is 35.5. The van der Waals surface area contributed by atoms with Crippen LogP contribution in [0.5, 0.6) is 0 Å². The van der Waals surface area contributed by atoms with E-state index in [-0.39, 0.29) is 0 Å². The molecule has 1 heterocycles. The van der Waals surface area contributed by atoms with Crippen LogP contribution in [0.25, 0.3) is 0 Å². The fourth-order valence-corrected chi connectivity index (χ4v) is 2.92. The van der Waals surface area contributed by atoms with E-state index in [1.54, 1.807) is 24.4 Å². The molecule has 7 heteroatoms. The second kappa shape index (κ2) is 7.11. The van der Waals surface area contributed by atoms with Gasteiger partial charge in [0.15, 0.2) is 5.82 Å². The summed E-state index contributed by atoms with van der Waals surface area (Å²) in [4.78, 5) is 4.44. The Hall–Kier alpha value is -1.59. The zero-order valence-corrected chi connectivity index (χ0v) is 13.5. The minimum atomic E-state index is 0.431. The smallest absolute Gasteiger partial charge is 0.244 e. The van der Waals surface area contributed by atoms with Gasteiger partial charge in [-0.15, -0.1) is 5.10 Å². The number of hydrogen-bond donors (Lipinski definition) is 2. The lowest BCUT2D eigenvalue weighted by Gasteiger charge is -2.22. The Labute approximate surface area is 139 Å². The minimum absolute atomic E-state index is 0.431. The van der Waals surface area contributed by atoms with Crippen LogP contribution in [-0.2, 0) is 0 Å². The van der Waals surface area contributed by atoms with E-state index in [0.717, 1.165) is 12.8 Å². The average Bonchev–Trinajstić information content (AvgIpc) is 2.52. The van der Waals surface area contributed by atoms with Gasteiger partial charge in [0.1, 0.15) is 0 Å². The van der Waals surface area contributed by atoms with Gasteiger partial charge in [-0.1, -0.05) is 42.5 Å². The van der Waals surface area contributed by atoms with Gasteiger partial charge in [0.25, 0.3) is 0 Å². The Kier molecular flexibility index (Phi) is 4.95. The molecule has 0 amide bonds. The van der Waals surface area contributed by atoms with E-state index in [0.29, 0.717) is 33.5 Å². The van der Waals surface area contributed by atoms with Crippen LogP contribution in [-0.4, -0.2) is 21.2 Å². The number of anilines is 3. The standard InChI is InChI=1S/C15H17Cl2N5/c16-10-6-7-12(17)13(8-10)20-14-9-18-22-15(21-14)19-11-4-2-1-3-5-11/h6-9,11H,1-5H2,(H2,19,20,21,22).